The van der Waals surface area contributed by atoms with E-state index in [4.69, 9.17) is 4.74 Å². The van der Waals surface area contributed by atoms with Crippen LogP contribution >= 0.6 is 0 Å². The maximum absolute atomic E-state index is 5.53. The average Bonchev–Trinajstić information content (AvgIpc) is 2.82. The van der Waals surface area contributed by atoms with Crippen LogP contribution in [0, 0.1) is 0 Å². The van der Waals surface area contributed by atoms with Crippen molar-refractivity contribution in [1.29, 1.82) is 0 Å². The Bertz CT molecular complexity index is 481. The average molecular weight is 248 g/mol. The molecule has 5 nitrogen and oxygen atoms in total. The van der Waals surface area contributed by atoms with Crippen LogP contribution in [0.25, 0.3) is 5.65 Å². The van der Waals surface area contributed by atoms with E-state index in [2.05, 4.69) is 15.2 Å². The van der Waals surface area contributed by atoms with Crippen LogP contribution in [0.1, 0.15) is 0 Å². The summed E-state index contributed by atoms with van der Waals surface area (Å²) in [5, 5.41) is 3.35. The molecule has 2 heterocycles. The summed E-state index contributed by atoms with van der Waals surface area (Å²) in [6.45, 7) is 3.23. The van der Waals surface area contributed by atoms with Crippen LogP contribution in [0.2, 0.25) is 0 Å². The zero-order valence-electron chi connectivity index (χ0n) is 11.0. The van der Waals surface area contributed by atoms with Crippen LogP contribution in [0.4, 0.5) is 5.82 Å². The van der Waals surface area contributed by atoms with Crippen molar-refractivity contribution in [1.82, 2.24) is 14.3 Å². The summed E-state index contributed by atoms with van der Waals surface area (Å²) in [5.41, 5.74) is 0.952. The predicted molar refractivity (Wildman–Crippen MR) is 73.1 cm³/mol. The maximum atomic E-state index is 5.53. The van der Waals surface area contributed by atoms with E-state index in [-0.39, 0.29) is 0 Å². The van der Waals surface area contributed by atoms with Crippen molar-refractivity contribution in [2.45, 2.75) is 0 Å². The Morgan fingerprint density at radius 2 is 2.22 bits per heavy atom. The van der Waals surface area contributed by atoms with Crippen LogP contribution in [0.15, 0.2) is 30.6 Å². The third-order valence-corrected chi connectivity index (χ3v) is 2.66. The highest BCUT2D eigenvalue weighted by molar-refractivity contribution is 5.49. The second-order valence-corrected chi connectivity index (χ2v) is 4.41. The summed E-state index contributed by atoms with van der Waals surface area (Å²) >= 11 is 0. The van der Waals surface area contributed by atoms with E-state index >= 15 is 0 Å². The zero-order valence-corrected chi connectivity index (χ0v) is 11.0. The Morgan fingerprint density at radius 1 is 1.33 bits per heavy atom. The fourth-order valence-electron chi connectivity index (χ4n) is 1.69. The molecule has 0 atom stereocenters. The van der Waals surface area contributed by atoms with Crippen molar-refractivity contribution >= 4 is 11.5 Å². The zero-order chi connectivity index (χ0) is 12.8. The number of nitrogens with zero attached hydrogens (tertiary/aromatic N) is 3. The van der Waals surface area contributed by atoms with E-state index in [9.17, 15) is 0 Å². The number of imidazole rings is 1. The smallest absolute Gasteiger partial charge is 0.138 e. The van der Waals surface area contributed by atoms with E-state index in [1.807, 2.05) is 42.9 Å². The lowest BCUT2D eigenvalue weighted by Crippen LogP contribution is -2.20. The lowest BCUT2D eigenvalue weighted by atomic mass is 10.4. The Hall–Kier alpha value is -1.59. The molecule has 0 aliphatic rings. The lowest BCUT2D eigenvalue weighted by molar-refractivity contribution is 0.126. The third kappa shape index (κ3) is 3.45. The van der Waals surface area contributed by atoms with E-state index in [1.165, 1.54) is 0 Å². The molecule has 0 aliphatic carbocycles. The van der Waals surface area contributed by atoms with Gasteiger partial charge in [-0.15, -0.1) is 0 Å². The Kier molecular flexibility index (Phi) is 4.55. The predicted octanol–water partition coefficient (Wildman–Crippen LogP) is 1.32. The number of rotatable bonds is 7. The number of fused-ring (bicyclic) bond motifs is 1. The normalized spacial score (nSPS) is 11.3. The fraction of sp³-hybridized carbons (Fsp3) is 0.462. The number of hydrogen-bond acceptors (Lipinski definition) is 4. The topological polar surface area (TPSA) is 41.8 Å². The van der Waals surface area contributed by atoms with Gasteiger partial charge in [-0.1, -0.05) is 6.07 Å². The highest BCUT2D eigenvalue weighted by Crippen LogP contribution is 2.10. The van der Waals surface area contributed by atoms with Gasteiger partial charge in [-0.2, -0.15) is 0 Å². The minimum Gasteiger partial charge on any atom is -0.378 e. The molecule has 0 fully saturated rings. The molecule has 98 valence electrons. The molecule has 2 aromatic rings. The standard InChI is InChI=1S/C13H20N4O/c1-16(2)9-11-18-10-7-15-13-5-3-4-12-14-6-8-17(12)13/h3-6,8,15H,7,9-11H2,1-2H3. The fourth-order valence-corrected chi connectivity index (χ4v) is 1.69. The SMILES string of the molecule is CN(C)CCOCCNc1cccc2nccn12. The molecule has 2 aromatic heterocycles. The number of likely N-dealkylation sites (N-methyl/N-ethyl adjacent to an activating group) is 1. The minimum absolute atomic E-state index is 0.707. The van der Waals surface area contributed by atoms with E-state index in [1.54, 1.807) is 6.20 Å². The summed E-state index contributed by atoms with van der Waals surface area (Å²) < 4.78 is 7.56. The first kappa shape index (κ1) is 12.9. The van der Waals surface area contributed by atoms with Gasteiger partial charge in [0.1, 0.15) is 11.5 Å². The molecule has 0 radical (unpaired) electrons. The van der Waals surface area contributed by atoms with Crippen molar-refractivity contribution in [2.75, 3.05) is 45.7 Å². The van der Waals surface area contributed by atoms with Crippen LogP contribution in [0.5, 0.6) is 0 Å². The van der Waals surface area contributed by atoms with Crippen molar-refractivity contribution in [3.8, 4) is 0 Å². The number of pyridine rings is 1. The molecule has 1 N–H and O–H groups in total. The van der Waals surface area contributed by atoms with Gasteiger partial charge >= 0.3 is 0 Å². The number of ether oxygens (including phenoxy) is 1. The number of hydrogen-bond donors (Lipinski definition) is 1. The van der Waals surface area contributed by atoms with Gasteiger partial charge < -0.3 is 15.0 Å². The van der Waals surface area contributed by atoms with Crippen molar-refractivity contribution in [3.05, 3.63) is 30.6 Å². The largest absolute Gasteiger partial charge is 0.378 e. The number of aromatic nitrogens is 2. The quantitative estimate of drug-likeness (QED) is 0.751. The first-order valence-corrected chi connectivity index (χ1v) is 6.16. The Labute approximate surface area is 107 Å². The van der Waals surface area contributed by atoms with Crippen LogP contribution in [-0.2, 0) is 4.74 Å². The maximum Gasteiger partial charge on any atom is 0.138 e. The van der Waals surface area contributed by atoms with Gasteiger partial charge in [0.05, 0.1) is 13.2 Å². The highest BCUT2D eigenvalue weighted by Gasteiger charge is 1.99. The van der Waals surface area contributed by atoms with Gasteiger partial charge in [0.25, 0.3) is 0 Å². The summed E-state index contributed by atoms with van der Waals surface area (Å²) in [7, 11) is 4.09. The van der Waals surface area contributed by atoms with Gasteiger partial charge in [0.15, 0.2) is 0 Å². The molecule has 0 aromatic carbocycles. The summed E-state index contributed by atoms with van der Waals surface area (Å²) in [6.07, 6.45) is 3.75. The Balaban J connectivity index is 1.75. The van der Waals surface area contributed by atoms with Gasteiger partial charge in [0.2, 0.25) is 0 Å². The number of nitrogens with one attached hydrogen (secondary N) is 1. The van der Waals surface area contributed by atoms with Gasteiger partial charge in [-0.05, 0) is 26.2 Å². The molecule has 18 heavy (non-hydrogen) atoms. The molecule has 5 heteroatoms. The monoisotopic (exact) mass is 248 g/mol. The highest BCUT2D eigenvalue weighted by atomic mass is 16.5. The van der Waals surface area contributed by atoms with Crippen LogP contribution < -0.4 is 5.32 Å². The summed E-state index contributed by atoms with van der Waals surface area (Å²) in [4.78, 5) is 6.35. The van der Waals surface area contributed by atoms with E-state index < -0.39 is 0 Å². The molecule has 0 aliphatic heterocycles. The Morgan fingerprint density at radius 3 is 3.06 bits per heavy atom. The molecule has 0 amide bonds. The third-order valence-electron chi connectivity index (χ3n) is 2.66. The molecule has 2 rings (SSSR count). The summed E-state index contributed by atoms with van der Waals surface area (Å²) in [6, 6.07) is 6.02. The van der Waals surface area contributed by atoms with Crippen LogP contribution in [-0.4, -0.2) is 54.7 Å². The van der Waals surface area contributed by atoms with Gasteiger partial charge in [-0.3, -0.25) is 4.40 Å². The summed E-state index contributed by atoms with van der Waals surface area (Å²) in [5.74, 6) is 1.04. The second-order valence-electron chi connectivity index (χ2n) is 4.41. The molecular weight excluding hydrogens is 228 g/mol. The minimum atomic E-state index is 0.707. The molecule has 0 spiro atoms. The van der Waals surface area contributed by atoms with Crippen molar-refractivity contribution in [3.63, 3.8) is 0 Å². The van der Waals surface area contributed by atoms with Gasteiger partial charge in [0, 0.05) is 25.5 Å². The second kappa shape index (κ2) is 6.37. The molecule has 0 saturated carbocycles. The van der Waals surface area contributed by atoms with E-state index in [0.29, 0.717) is 6.61 Å². The number of anilines is 1. The van der Waals surface area contributed by atoms with Crippen LogP contribution in [0.3, 0.4) is 0 Å². The molecule has 0 bridgehead atoms. The van der Waals surface area contributed by atoms with E-state index in [0.717, 1.165) is 31.2 Å². The van der Waals surface area contributed by atoms with Crippen molar-refractivity contribution < 1.29 is 4.74 Å². The molecular formula is C13H20N4O. The first-order chi connectivity index (χ1) is 8.77. The molecule has 0 unspecified atom stereocenters. The van der Waals surface area contributed by atoms with Gasteiger partial charge in [-0.25, -0.2) is 4.98 Å². The first-order valence-electron chi connectivity index (χ1n) is 6.16. The lowest BCUT2D eigenvalue weighted by Gasteiger charge is -2.11. The van der Waals surface area contributed by atoms with Crippen molar-refractivity contribution in [2.24, 2.45) is 0 Å². The molecule has 0 saturated heterocycles.